The average Bonchev–Trinajstić information content (AvgIpc) is 2.54. The van der Waals surface area contributed by atoms with Crippen LogP contribution in [0.25, 0.3) is 0 Å². The van der Waals surface area contributed by atoms with Crippen LogP contribution in [0.4, 0.5) is 4.39 Å². The molecule has 1 unspecified atom stereocenters. The van der Waals surface area contributed by atoms with Crippen LogP contribution in [-0.2, 0) is 0 Å². The van der Waals surface area contributed by atoms with E-state index >= 15 is 0 Å². The minimum atomic E-state index is -0.576. The van der Waals surface area contributed by atoms with Crippen LogP contribution in [0.3, 0.4) is 0 Å². The summed E-state index contributed by atoms with van der Waals surface area (Å²) in [7, 11) is 0. The molecule has 1 aliphatic rings. The second-order valence-electron chi connectivity index (χ2n) is 6.95. The number of halogens is 1. The smallest absolute Gasteiger partial charge is 0.168 e. The topological polar surface area (TPSA) is 29.5 Å². The van der Waals surface area contributed by atoms with Crippen molar-refractivity contribution < 1.29 is 14.2 Å². The second kappa shape index (κ2) is 8.68. The molecule has 1 aliphatic carbocycles. The van der Waals surface area contributed by atoms with Gasteiger partial charge in [0.2, 0.25) is 0 Å². The van der Waals surface area contributed by atoms with Crippen LogP contribution < -0.4 is 4.74 Å². The lowest BCUT2D eigenvalue weighted by molar-refractivity contribution is 0.121. The third kappa shape index (κ3) is 4.69. The van der Waals surface area contributed by atoms with Crippen molar-refractivity contribution in [3.63, 3.8) is 0 Å². The summed E-state index contributed by atoms with van der Waals surface area (Å²) >= 11 is 0. The van der Waals surface area contributed by atoms with E-state index in [2.05, 4.69) is 6.92 Å². The fourth-order valence-electron chi connectivity index (χ4n) is 3.91. The van der Waals surface area contributed by atoms with Gasteiger partial charge in [-0.15, -0.1) is 0 Å². The summed E-state index contributed by atoms with van der Waals surface area (Å²) in [5, 5.41) is 10.6. The Labute approximate surface area is 140 Å². The SMILES string of the molecule is CCCC1CCC(CC(O)c2ccc(OCC)c(F)c2C)CC1. The Morgan fingerprint density at radius 2 is 1.83 bits per heavy atom. The monoisotopic (exact) mass is 322 g/mol. The minimum Gasteiger partial charge on any atom is -0.491 e. The summed E-state index contributed by atoms with van der Waals surface area (Å²) in [5.41, 5.74) is 1.23. The zero-order valence-electron chi connectivity index (χ0n) is 14.8. The van der Waals surface area contributed by atoms with Gasteiger partial charge in [-0.05, 0) is 49.3 Å². The van der Waals surface area contributed by atoms with Gasteiger partial charge in [-0.3, -0.25) is 0 Å². The Balaban J connectivity index is 1.96. The third-order valence-corrected chi connectivity index (χ3v) is 5.27. The number of benzene rings is 1. The maximum absolute atomic E-state index is 14.3. The molecule has 2 nitrogen and oxygen atoms in total. The van der Waals surface area contributed by atoms with Crippen LogP contribution in [0.5, 0.6) is 5.75 Å². The van der Waals surface area contributed by atoms with Crippen LogP contribution in [0.2, 0.25) is 0 Å². The van der Waals surface area contributed by atoms with E-state index < -0.39 is 6.10 Å². The van der Waals surface area contributed by atoms with Gasteiger partial charge in [-0.25, -0.2) is 4.39 Å². The Bertz CT molecular complexity index is 493. The molecule has 2 rings (SSSR count). The first-order valence-corrected chi connectivity index (χ1v) is 9.16. The predicted molar refractivity (Wildman–Crippen MR) is 92.2 cm³/mol. The van der Waals surface area contributed by atoms with Gasteiger partial charge in [0.15, 0.2) is 11.6 Å². The summed E-state index contributed by atoms with van der Waals surface area (Å²) in [6, 6.07) is 3.46. The van der Waals surface area contributed by atoms with Crippen LogP contribution in [0.15, 0.2) is 12.1 Å². The van der Waals surface area contributed by atoms with Crippen LogP contribution in [0, 0.1) is 24.6 Å². The average molecular weight is 322 g/mol. The van der Waals surface area contributed by atoms with Crippen molar-refractivity contribution >= 4 is 0 Å². The van der Waals surface area contributed by atoms with Crippen molar-refractivity contribution in [3.05, 3.63) is 29.1 Å². The predicted octanol–water partition coefficient (Wildman–Crippen LogP) is 5.56. The molecule has 0 amide bonds. The van der Waals surface area contributed by atoms with E-state index in [4.69, 9.17) is 4.74 Å². The number of hydrogen-bond acceptors (Lipinski definition) is 2. The van der Waals surface area contributed by atoms with Crippen molar-refractivity contribution in [2.75, 3.05) is 6.61 Å². The Morgan fingerprint density at radius 3 is 2.43 bits per heavy atom. The molecule has 0 aliphatic heterocycles. The largest absolute Gasteiger partial charge is 0.491 e. The molecule has 1 N–H and O–H groups in total. The molecule has 3 heteroatoms. The molecule has 130 valence electrons. The molecule has 1 atom stereocenters. The first kappa shape index (κ1) is 18.3. The summed E-state index contributed by atoms with van der Waals surface area (Å²) in [6.07, 6.45) is 7.71. The number of aliphatic hydroxyl groups excluding tert-OH is 1. The molecule has 1 aromatic carbocycles. The van der Waals surface area contributed by atoms with Crippen molar-refractivity contribution in [1.29, 1.82) is 0 Å². The standard InChI is InChI=1S/C20H31FO2/c1-4-6-15-7-9-16(10-8-15)13-18(22)17-11-12-19(23-5-2)20(21)14(17)3/h11-12,15-16,18,22H,4-10,13H2,1-3H3. The number of hydrogen-bond donors (Lipinski definition) is 1. The molecule has 0 aromatic heterocycles. The maximum Gasteiger partial charge on any atom is 0.168 e. The fourth-order valence-corrected chi connectivity index (χ4v) is 3.91. The maximum atomic E-state index is 14.3. The van der Waals surface area contributed by atoms with Gasteiger partial charge in [0.1, 0.15) is 0 Å². The van der Waals surface area contributed by atoms with E-state index in [0.717, 1.165) is 12.3 Å². The van der Waals surface area contributed by atoms with E-state index in [-0.39, 0.29) is 11.6 Å². The molecule has 0 spiro atoms. The zero-order valence-corrected chi connectivity index (χ0v) is 14.8. The number of ether oxygens (including phenoxy) is 1. The lowest BCUT2D eigenvalue weighted by atomic mass is 9.77. The molecular formula is C20H31FO2. The van der Waals surface area contributed by atoms with Crippen LogP contribution in [-0.4, -0.2) is 11.7 Å². The van der Waals surface area contributed by atoms with Crippen LogP contribution in [0.1, 0.15) is 76.0 Å². The first-order chi connectivity index (χ1) is 11.1. The van der Waals surface area contributed by atoms with E-state index in [1.54, 1.807) is 13.0 Å². The molecule has 1 saturated carbocycles. The van der Waals surface area contributed by atoms with E-state index in [0.29, 0.717) is 23.7 Å². The normalized spacial score (nSPS) is 22.8. The van der Waals surface area contributed by atoms with Crippen molar-refractivity contribution in [2.24, 2.45) is 11.8 Å². The molecule has 0 saturated heterocycles. The number of aliphatic hydroxyl groups is 1. The van der Waals surface area contributed by atoms with Gasteiger partial charge in [0.25, 0.3) is 0 Å². The highest BCUT2D eigenvalue weighted by molar-refractivity contribution is 5.38. The molecule has 0 radical (unpaired) electrons. The summed E-state index contributed by atoms with van der Waals surface area (Å²) < 4.78 is 19.6. The van der Waals surface area contributed by atoms with E-state index in [1.807, 2.05) is 13.0 Å². The Hall–Kier alpha value is -1.09. The van der Waals surface area contributed by atoms with Gasteiger partial charge in [0, 0.05) is 0 Å². The van der Waals surface area contributed by atoms with Crippen molar-refractivity contribution in [3.8, 4) is 5.75 Å². The van der Waals surface area contributed by atoms with Gasteiger partial charge in [-0.2, -0.15) is 0 Å². The molecule has 1 fully saturated rings. The summed E-state index contributed by atoms with van der Waals surface area (Å²) in [5.74, 6) is 1.38. The van der Waals surface area contributed by atoms with Crippen molar-refractivity contribution in [2.45, 2.75) is 71.8 Å². The second-order valence-corrected chi connectivity index (χ2v) is 6.95. The van der Waals surface area contributed by atoms with Crippen molar-refractivity contribution in [1.82, 2.24) is 0 Å². The third-order valence-electron chi connectivity index (χ3n) is 5.27. The van der Waals surface area contributed by atoms with Gasteiger partial charge < -0.3 is 9.84 Å². The minimum absolute atomic E-state index is 0.279. The highest BCUT2D eigenvalue weighted by atomic mass is 19.1. The lowest BCUT2D eigenvalue weighted by Gasteiger charge is -2.30. The highest BCUT2D eigenvalue weighted by Crippen LogP contribution is 2.37. The zero-order chi connectivity index (χ0) is 16.8. The molecule has 0 heterocycles. The Kier molecular flexibility index (Phi) is 6.88. The molecule has 23 heavy (non-hydrogen) atoms. The van der Waals surface area contributed by atoms with E-state index in [9.17, 15) is 9.50 Å². The lowest BCUT2D eigenvalue weighted by Crippen LogP contribution is -2.17. The number of rotatable bonds is 7. The van der Waals surface area contributed by atoms with Gasteiger partial charge >= 0.3 is 0 Å². The summed E-state index contributed by atoms with van der Waals surface area (Å²) in [6.45, 7) is 6.26. The molecule has 0 bridgehead atoms. The van der Waals surface area contributed by atoms with Gasteiger partial charge in [0.05, 0.1) is 12.7 Å². The molecule has 1 aromatic rings. The van der Waals surface area contributed by atoms with Gasteiger partial charge in [-0.1, -0.05) is 51.5 Å². The molecular weight excluding hydrogens is 291 g/mol. The fraction of sp³-hybridized carbons (Fsp3) is 0.700. The first-order valence-electron chi connectivity index (χ1n) is 9.16. The summed E-state index contributed by atoms with van der Waals surface area (Å²) in [4.78, 5) is 0. The highest BCUT2D eigenvalue weighted by Gasteiger charge is 2.24. The Morgan fingerprint density at radius 1 is 1.17 bits per heavy atom. The van der Waals surface area contributed by atoms with Crippen LogP contribution >= 0.6 is 0 Å². The van der Waals surface area contributed by atoms with E-state index in [1.165, 1.54) is 38.5 Å². The quantitative estimate of drug-likeness (QED) is 0.712.